The van der Waals surface area contributed by atoms with Crippen LogP contribution in [0.5, 0.6) is 0 Å². The van der Waals surface area contributed by atoms with Crippen LogP contribution in [0.3, 0.4) is 0 Å². The Balaban J connectivity index is 1.78. The number of rotatable bonds is 6. The number of hydrogen-bond donors (Lipinski definition) is 2. The van der Waals surface area contributed by atoms with Gasteiger partial charge in [-0.1, -0.05) is 0 Å². The predicted octanol–water partition coefficient (Wildman–Crippen LogP) is 2.70. The molecule has 0 radical (unpaired) electrons. The van der Waals surface area contributed by atoms with Gasteiger partial charge >= 0.3 is 12.1 Å². The Morgan fingerprint density at radius 1 is 1.23 bits per heavy atom. The first-order chi connectivity index (χ1) is 14.7. The highest BCUT2D eigenvalue weighted by Crippen LogP contribution is 2.27. The molecule has 0 unspecified atom stereocenters. The van der Waals surface area contributed by atoms with Crippen LogP contribution in [0.15, 0.2) is 47.3 Å². The third-order valence-corrected chi connectivity index (χ3v) is 3.90. The Bertz CT molecular complexity index is 1140. The Labute approximate surface area is 171 Å². The highest BCUT2D eigenvalue weighted by Gasteiger charge is 2.31. The first-order valence-corrected chi connectivity index (χ1v) is 8.62. The molecule has 1 aromatic carbocycles. The van der Waals surface area contributed by atoms with Gasteiger partial charge in [0.15, 0.2) is 18.0 Å². The van der Waals surface area contributed by atoms with Crippen molar-refractivity contribution in [2.45, 2.75) is 12.7 Å². The number of carbonyl (C=O) groups is 2. The lowest BCUT2D eigenvalue weighted by Crippen LogP contribution is -2.25. The maximum atomic E-state index is 14.1. The van der Waals surface area contributed by atoms with Crippen molar-refractivity contribution in [1.29, 1.82) is 0 Å². The molecule has 3 rings (SSSR count). The highest BCUT2D eigenvalue weighted by molar-refractivity contribution is 6.18. The summed E-state index contributed by atoms with van der Waals surface area (Å²) in [5, 5.41) is 2.73. The third kappa shape index (κ3) is 5.15. The topological polar surface area (TPSA) is 120 Å². The van der Waals surface area contributed by atoms with Gasteiger partial charge in [-0.15, -0.1) is 0 Å². The average molecular weight is 438 g/mol. The number of esters is 1. The fourth-order valence-electron chi connectivity index (χ4n) is 2.58. The van der Waals surface area contributed by atoms with Crippen molar-refractivity contribution in [3.05, 3.63) is 65.8 Å². The van der Waals surface area contributed by atoms with E-state index in [0.717, 1.165) is 12.3 Å². The number of carbonyl (C=O) groups excluding carboxylic acids is 2. The number of nitrogens with one attached hydrogen (secondary N) is 1. The van der Waals surface area contributed by atoms with Crippen molar-refractivity contribution >= 4 is 28.4 Å². The van der Waals surface area contributed by atoms with Crippen molar-refractivity contribution in [2.75, 3.05) is 6.61 Å². The molecule has 8 nitrogen and oxygen atoms in total. The number of ether oxygens (including phenoxy) is 1. The molecule has 2 aromatic heterocycles. The number of aromatic nitrogens is 2. The van der Waals surface area contributed by atoms with Crippen LogP contribution in [0.4, 0.5) is 17.6 Å². The molecule has 12 heteroatoms. The van der Waals surface area contributed by atoms with E-state index in [1.54, 1.807) is 6.07 Å². The summed E-state index contributed by atoms with van der Waals surface area (Å²) in [6.45, 7) is -2.07. The molecule has 0 fully saturated rings. The van der Waals surface area contributed by atoms with Crippen molar-refractivity contribution in [3.63, 3.8) is 0 Å². The van der Waals surface area contributed by atoms with Gasteiger partial charge in [0.25, 0.3) is 5.91 Å². The van der Waals surface area contributed by atoms with Crippen LogP contribution in [0, 0.1) is 5.82 Å². The number of benzene rings is 1. The SMILES string of the molecule is N/C=C(/C(=O)NCc1cc2ccc(F)c(C(=O)OCC(F)(F)F)c2o1)c1ncccn1. The first kappa shape index (κ1) is 21.7. The molecule has 2 heterocycles. The van der Waals surface area contributed by atoms with E-state index in [9.17, 15) is 27.2 Å². The molecule has 0 aliphatic heterocycles. The molecular formula is C19H14F4N4O4. The summed E-state index contributed by atoms with van der Waals surface area (Å²) in [4.78, 5) is 32.1. The number of furan rings is 1. The summed E-state index contributed by atoms with van der Waals surface area (Å²) in [5.74, 6) is -3.09. The van der Waals surface area contributed by atoms with E-state index in [4.69, 9.17) is 10.2 Å². The summed E-state index contributed by atoms with van der Waals surface area (Å²) in [5.41, 5.74) is 4.36. The van der Waals surface area contributed by atoms with Gasteiger partial charge in [0, 0.05) is 24.0 Å². The van der Waals surface area contributed by atoms with Crippen molar-refractivity contribution in [1.82, 2.24) is 15.3 Å². The number of nitrogens with zero attached hydrogens (tertiary/aromatic N) is 2. The van der Waals surface area contributed by atoms with E-state index in [1.807, 2.05) is 0 Å². The second-order valence-electron chi connectivity index (χ2n) is 6.08. The fraction of sp³-hybridized carbons (Fsp3) is 0.158. The number of alkyl halides is 3. The number of halogens is 4. The first-order valence-electron chi connectivity index (χ1n) is 8.62. The molecule has 1 amide bonds. The van der Waals surface area contributed by atoms with Crippen LogP contribution < -0.4 is 11.1 Å². The normalized spacial score (nSPS) is 12.1. The molecule has 162 valence electrons. The number of hydrogen-bond acceptors (Lipinski definition) is 7. The maximum absolute atomic E-state index is 14.1. The molecular weight excluding hydrogens is 424 g/mol. The van der Waals surface area contributed by atoms with Gasteiger partial charge < -0.3 is 20.2 Å². The molecule has 3 N–H and O–H groups in total. The molecule has 0 aliphatic rings. The lowest BCUT2D eigenvalue weighted by atomic mass is 10.1. The van der Waals surface area contributed by atoms with E-state index in [-0.39, 0.29) is 34.7 Å². The number of nitrogens with two attached hydrogens (primary N) is 1. The summed E-state index contributed by atoms with van der Waals surface area (Å²) in [6.07, 6.45) is -0.901. The van der Waals surface area contributed by atoms with Crippen LogP contribution in [0.25, 0.3) is 16.5 Å². The minimum atomic E-state index is -4.77. The van der Waals surface area contributed by atoms with Crippen LogP contribution in [-0.4, -0.2) is 34.6 Å². The molecule has 0 atom stereocenters. The van der Waals surface area contributed by atoms with Crippen molar-refractivity contribution < 1.29 is 36.3 Å². The predicted molar refractivity (Wildman–Crippen MR) is 98.6 cm³/mol. The Morgan fingerprint density at radius 2 is 1.94 bits per heavy atom. The van der Waals surface area contributed by atoms with E-state index in [1.165, 1.54) is 24.5 Å². The van der Waals surface area contributed by atoms with Gasteiger partial charge in [-0.2, -0.15) is 13.2 Å². The standard InChI is InChI=1S/C19H14F4N4O4/c20-13-3-2-10-6-11(31-15(10)14(13)18(29)30-9-19(21,22)23)8-27-17(28)12(7-24)16-25-4-1-5-26-16/h1-7H,8-9,24H2,(H,27,28)/b12-7+. The van der Waals surface area contributed by atoms with Crippen LogP contribution >= 0.6 is 0 Å². The van der Waals surface area contributed by atoms with Gasteiger partial charge in [-0.05, 0) is 24.3 Å². The van der Waals surface area contributed by atoms with E-state index in [2.05, 4.69) is 20.0 Å². The average Bonchev–Trinajstić information content (AvgIpc) is 3.14. The molecule has 0 aliphatic carbocycles. The third-order valence-electron chi connectivity index (χ3n) is 3.90. The zero-order valence-corrected chi connectivity index (χ0v) is 15.6. The number of fused-ring (bicyclic) bond motifs is 1. The van der Waals surface area contributed by atoms with Gasteiger partial charge in [-0.3, -0.25) is 4.79 Å². The Hall–Kier alpha value is -3.96. The second-order valence-corrected chi connectivity index (χ2v) is 6.08. The van der Waals surface area contributed by atoms with Crippen molar-refractivity contribution in [2.24, 2.45) is 5.73 Å². The van der Waals surface area contributed by atoms with Crippen LogP contribution in [0.2, 0.25) is 0 Å². The minimum Gasteiger partial charge on any atom is -0.458 e. The molecule has 3 aromatic rings. The van der Waals surface area contributed by atoms with Crippen LogP contribution in [-0.2, 0) is 16.1 Å². The highest BCUT2D eigenvalue weighted by atomic mass is 19.4. The summed E-state index contributed by atoms with van der Waals surface area (Å²) in [7, 11) is 0. The second kappa shape index (κ2) is 8.81. The lowest BCUT2D eigenvalue weighted by Gasteiger charge is -2.08. The van der Waals surface area contributed by atoms with Crippen LogP contribution in [0.1, 0.15) is 21.9 Å². The Kier molecular flexibility index (Phi) is 6.18. The summed E-state index contributed by atoms with van der Waals surface area (Å²) in [6, 6.07) is 5.11. The van der Waals surface area contributed by atoms with Crippen molar-refractivity contribution in [3.8, 4) is 0 Å². The zero-order valence-electron chi connectivity index (χ0n) is 15.6. The van der Waals surface area contributed by atoms with E-state index < -0.39 is 36.0 Å². The monoisotopic (exact) mass is 438 g/mol. The zero-order chi connectivity index (χ0) is 22.6. The molecule has 0 bridgehead atoms. The Morgan fingerprint density at radius 3 is 2.58 bits per heavy atom. The lowest BCUT2D eigenvalue weighted by molar-refractivity contribution is -0.161. The quantitative estimate of drug-likeness (QED) is 0.345. The molecule has 0 saturated heterocycles. The molecule has 0 saturated carbocycles. The fourth-order valence-corrected chi connectivity index (χ4v) is 2.58. The van der Waals surface area contributed by atoms with Gasteiger partial charge in [0.05, 0.1) is 12.1 Å². The van der Waals surface area contributed by atoms with E-state index in [0.29, 0.717) is 0 Å². The van der Waals surface area contributed by atoms with Gasteiger partial charge in [0.1, 0.15) is 17.1 Å². The minimum absolute atomic E-state index is 0.0147. The number of amides is 1. The molecule has 0 spiro atoms. The summed E-state index contributed by atoms with van der Waals surface area (Å²) >= 11 is 0. The summed E-state index contributed by atoms with van der Waals surface area (Å²) < 4.78 is 60.5. The van der Waals surface area contributed by atoms with E-state index >= 15 is 0 Å². The largest absolute Gasteiger partial charge is 0.458 e. The molecule has 31 heavy (non-hydrogen) atoms. The van der Waals surface area contributed by atoms with Gasteiger partial charge in [0.2, 0.25) is 0 Å². The maximum Gasteiger partial charge on any atom is 0.422 e. The van der Waals surface area contributed by atoms with Gasteiger partial charge in [-0.25, -0.2) is 19.2 Å². The smallest absolute Gasteiger partial charge is 0.422 e.